The van der Waals surface area contributed by atoms with Crippen molar-refractivity contribution in [2.45, 2.75) is 44.0 Å². The number of rotatable bonds is 4. The van der Waals surface area contributed by atoms with Gasteiger partial charge in [-0.25, -0.2) is 8.42 Å². The van der Waals surface area contributed by atoms with Gasteiger partial charge in [0, 0.05) is 31.2 Å². The highest BCUT2D eigenvalue weighted by Crippen LogP contribution is 2.26. The zero-order valence-electron chi connectivity index (χ0n) is 16.0. The molecule has 0 aliphatic carbocycles. The van der Waals surface area contributed by atoms with Crippen molar-refractivity contribution in [1.82, 2.24) is 14.9 Å². The number of amides is 1. The van der Waals surface area contributed by atoms with Crippen LogP contribution in [0, 0.1) is 11.8 Å². The average Bonchev–Trinajstić information content (AvgIpc) is 2.62. The van der Waals surface area contributed by atoms with Gasteiger partial charge in [0.05, 0.1) is 4.90 Å². The summed E-state index contributed by atoms with van der Waals surface area (Å²) in [4.78, 5) is 12.6. The molecule has 152 valence electrons. The van der Waals surface area contributed by atoms with E-state index in [-0.39, 0.29) is 29.3 Å². The van der Waals surface area contributed by atoms with Crippen LogP contribution in [-0.2, 0) is 10.0 Å². The quantitative estimate of drug-likeness (QED) is 0.790. The predicted molar refractivity (Wildman–Crippen MR) is 109 cm³/mol. The molecule has 0 spiro atoms. The molecule has 2 N–H and O–H groups in total. The zero-order valence-corrected chi connectivity index (χ0v) is 17.6. The van der Waals surface area contributed by atoms with Gasteiger partial charge in [-0.1, -0.05) is 13.8 Å². The number of nitrogens with one attached hydrogen (secondary N) is 2. The fraction of sp³-hybridized carbons (Fsp3) is 0.632. The molecule has 2 unspecified atom stereocenters. The Bertz CT molecular complexity index is 723. The second-order valence-electron chi connectivity index (χ2n) is 7.81. The Hall–Kier alpha value is -1.15. The fourth-order valence-corrected chi connectivity index (χ4v) is 5.65. The number of nitrogens with zero attached hydrogens (tertiary/aromatic N) is 1. The van der Waals surface area contributed by atoms with Crippen molar-refractivity contribution in [2.24, 2.45) is 11.8 Å². The molecule has 27 heavy (non-hydrogen) atoms. The van der Waals surface area contributed by atoms with Gasteiger partial charge in [0.1, 0.15) is 0 Å². The van der Waals surface area contributed by atoms with Gasteiger partial charge in [-0.3, -0.25) is 4.79 Å². The number of hydrogen-bond donors (Lipinski definition) is 2. The van der Waals surface area contributed by atoms with Gasteiger partial charge in [-0.05, 0) is 61.9 Å². The lowest BCUT2D eigenvalue weighted by Gasteiger charge is -2.34. The highest BCUT2D eigenvalue weighted by atomic mass is 35.5. The normalized spacial score (nSPS) is 26.8. The van der Waals surface area contributed by atoms with Crippen LogP contribution >= 0.6 is 12.4 Å². The van der Waals surface area contributed by atoms with E-state index in [0.717, 1.165) is 32.4 Å². The van der Waals surface area contributed by atoms with Crippen molar-refractivity contribution in [1.29, 1.82) is 0 Å². The van der Waals surface area contributed by atoms with Gasteiger partial charge >= 0.3 is 0 Å². The first-order valence-electron chi connectivity index (χ1n) is 9.48. The molecule has 2 aliphatic heterocycles. The molecule has 3 atom stereocenters. The van der Waals surface area contributed by atoms with E-state index in [9.17, 15) is 13.2 Å². The Morgan fingerprint density at radius 1 is 1.15 bits per heavy atom. The van der Waals surface area contributed by atoms with E-state index in [0.29, 0.717) is 30.5 Å². The summed E-state index contributed by atoms with van der Waals surface area (Å²) in [5.74, 6) is 0.577. The summed E-state index contributed by atoms with van der Waals surface area (Å²) in [7, 11) is -3.51. The van der Waals surface area contributed by atoms with Gasteiger partial charge in [-0.2, -0.15) is 4.31 Å². The molecule has 2 heterocycles. The van der Waals surface area contributed by atoms with Crippen molar-refractivity contribution in [3.63, 3.8) is 0 Å². The lowest BCUT2D eigenvalue weighted by molar-refractivity contribution is 0.0930. The molecule has 6 nitrogen and oxygen atoms in total. The summed E-state index contributed by atoms with van der Waals surface area (Å²) in [6.45, 7) is 7.07. The lowest BCUT2D eigenvalue weighted by atomic mass is 9.94. The molecule has 3 rings (SSSR count). The minimum Gasteiger partial charge on any atom is -0.348 e. The number of carbonyl (C=O) groups is 1. The number of piperidine rings is 2. The third kappa shape index (κ3) is 5.44. The summed E-state index contributed by atoms with van der Waals surface area (Å²) in [5.41, 5.74) is 0.495. The highest BCUT2D eigenvalue weighted by molar-refractivity contribution is 7.89. The van der Waals surface area contributed by atoms with Crippen LogP contribution < -0.4 is 10.6 Å². The maximum atomic E-state index is 12.9. The van der Waals surface area contributed by atoms with Crippen LogP contribution in [0.25, 0.3) is 0 Å². The number of sulfonamides is 1. The minimum absolute atomic E-state index is 0. The third-order valence-electron chi connectivity index (χ3n) is 5.22. The second kappa shape index (κ2) is 9.37. The van der Waals surface area contributed by atoms with E-state index in [2.05, 4.69) is 24.5 Å². The molecule has 2 aliphatic rings. The first kappa shape index (κ1) is 22.1. The molecule has 2 fully saturated rings. The van der Waals surface area contributed by atoms with Crippen LogP contribution in [0.5, 0.6) is 0 Å². The zero-order chi connectivity index (χ0) is 18.7. The fourth-order valence-electron chi connectivity index (χ4n) is 3.97. The molecule has 0 saturated carbocycles. The van der Waals surface area contributed by atoms with Crippen molar-refractivity contribution >= 4 is 28.3 Å². The molecule has 8 heteroatoms. The third-order valence-corrected chi connectivity index (χ3v) is 7.07. The molecular formula is C19H30ClN3O3S. The predicted octanol–water partition coefficient (Wildman–Crippen LogP) is 2.26. The topological polar surface area (TPSA) is 78.5 Å². The highest BCUT2D eigenvalue weighted by Gasteiger charge is 2.31. The SMILES string of the molecule is CC1CC(C)CN(S(=O)(=O)c2ccc(C(=O)N[C@H]3CCCNC3)cc2)C1.Cl. The standard InChI is InChI=1S/C19H29N3O3S.ClH/c1-14-10-15(2)13-22(12-14)26(24,25)18-7-5-16(6-8-18)19(23)21-17-4-3-9-20-11-17;/h5-8,14-15,17,20H,3-4,9-13H2,1-2H3,(H,21,23);1H/t14?,15?,17-;/m0./s1. The van der Waals surface area contributed by atoms with Crippen LogP contribution in [0.1, 0.15) is 43.5 Å². The second-order valence-corrected chi connectivity index (χ2v) is 9.75. The summed E-state index contributed by atoms with van der Waals surface area (Å²) in [5, 5.41) is 6.27. The van der Waals surface area contributed by atoms with Crippen LogP contribution in [0.4, 0.5) is 0 Å². The largest absolute Gasteiger partial charge is 0.348 e. The summed E-state index contributed by atoms with van der Waals surface area (Å²) in [6, 6.07) is 6.45. The first-order chi connectivity index (χ1) is 12.4. The average molecular weight is 416 g/mol. The van der Waals surface area contributed by atoms with Crippen molar-refractivity contribution in [3.8, 4) is 0 Å². The van der Waals surface area contributed by atoms with E-state index in [1.165, 1.54) is 0 Å². The number of benzene rings is 1. The van der Waals surface area contributed by atoms with E-state index >= 15 is 0 Å². The molecular weight excluding hydrogens is 386 g/mol. The van der Waals surface area contributed by atoms with Crippen molar-refractivity contribution in [3.05, 3.63) is 29.8 Å². The Balaban J connectivity index is 0.00000261. The van der Waals surface area contributed by atoms with Crippen LogP contribution in [0.15, 0.2) is 29.2 Å². The molecule has 0 radical (unpaired) electrons. The molecule has 1 aromatic carbocycles. The summed E-state index contributed by atoms with van der Waals surface area (Å²) >= 11 is 0. The Morgan fingerprint density at radius 3 is 2.33 bits per heavy atom. The molecule has 1 amide bonds. The van der Waals surface area contributed by atoms with Crippen LogP contribution in [0.3, 0.4) is 0 Å². The van der Waals surface area contributed by atoms with E-state index in [4.69, 9.17) is 0 Å². The number of halogens is 1. The van der Waals surface area contributed by atoms with Crippen LogP contribution in [-0.4, -0.2) is 50.9 Å². The maximum Gasteiger partial charge on any atom is 0.251 e. The Morgan fingerprint density at radius 2 is 1.78 bits per heavy atom. The van der Waals surface area contributed by atoms with Gasteiger partial charge < -0.3 is 10.6 Å². The first-order valence-corrected chi connectivity index (χ1v) is 10.9. The van der Waals surface area contributed by atoms with Crippen molar-refractivity contribution in [2.75, 3.05) is 26.2 Å². The molecule has 1 aromatic rings. The summed E-state index contributed by atoms with van der Waals surface area (Å²) < 4.78 is 27.4. The van der Waals surface area contributed by atoms with Gasteiger partial charge in [0.15, 0.2) is 0 Å². The molecule has 0 bridgehead atoms. The molecule has 2 saturated heterocycles. The maximum absolute atomic E-state index is 12.9. The Kier molecular flexibility index (Phi) is 7.68. The summed E-state index contributed by atoms with van der Waals surface area (Å²) in [6.07, 6.45) is 3.08. The van der Waals surface area contributed by atoms with Crippen molar-refractivity contribution < 1.29 is 13.2 Å². The van der Waals surface area contributed by atoms with Gasteiger partial charge in [-0.15, -0.1) is 12.4 Å². The monoisotopic (exact) mass is 415 g/mol. The van der Waals surface area contributed by atoms with Crippen LogP contribution in [0.2, 0.25) is 0 Å². The number of carbonyl (C=O) groups excluding carboxylic acids is 1. The Labute approximate surface area is 168 Å². The smallest absolute Gasteiger partial charge is 0.251 e. The van der Waals surface area contributed by atoms with E-state index in [1.54, 1.807) is 28.6 Å². The van der Waals surface area contributed by atoms with Gasteiger partial charge in [0.2, 0.25) is 10.0 Å². The lowest BCUT2D eigenvalue weighted by Crippen LogP contribution is -2.45. The van der Waals surface area contributed by atoms with E-state index < -0.39 is 10.0 Å². The molecule has 0 aromatic heterocycles. The number of hydrogen-bond acceptors (Lipinski definition) is 4. The van der Waals surface area contributed by atoms with E-state index in [1.807, 2.05) is 0 Å². The van der Waals surface area contributed by atoms with Gasteiger partial charge in [0.25, 0.3) is 5.91 Å². The minimum atomic E-state index is -3.51.